The summed E-state index contributed by atoms with van der Waals surface area (Å²) >= 11 is 6.18. The Bertz CT molecular complexity index is 729. The van der Waals surface area contributed by atoms with Gasteiger partial charge in [-0.3, -0.25) is 0 Å². The molecule has 24 heavy (non-hydrogen) atoms. The van der Waals surface area contributed by atoms with Crippen molar-refractivity contribution in [3.8, 4) is 16.9 Å². The molecule has 0 amide bonds. The Hall–Kier alpha value is -1.47. The van der Waals surface area contributed by atoms with Gasteiger partial charge in [-0.25, -0.2) is 0 Å². The molecular weight excluding hydrogens is 316 g/mol. The van der Waals surface area contributed by atoms with Crippen LogP contribution in [0.15, 0.2) is 36.4 Å². The highest BCUT2D eigenvalue weighted by atomic mass is 35.5. The van der Waals surface area contributed by atoms with Crippen LogP contribution in [0, 0.1) is 0 Å². The van der Waals surface area contributed by atoms with Crippen LogP contribution in [0.3, 0.4) is 0 Å². The van der Waals surface area contributed by atoms with Gasteiger partial charge in [0.1, 0.15) is 5.75 Å². The molecular formula is C22H29ClO. The Labute approximate surface area is 151 Å². The zero-order valence-corrected chi connectivity index (χ0v) is 16.5. The van der Waals surface area contributed by atoms with Gasteiger partial charge in [-0.2, -0.15) is 0 Å². The molecule has 0 aliphatic rings. The first-order valence-electron chi connectivity index (χ1n) is 8.76. The quantitative estimate of drug-likeness (QED) is 0.613. The number of phenols is 1. The molecule has 0 radical (unpaired) electrons. The second-order valence-corrected chi connectivity index (χ2v) is 8.34. The molecule has 0 heterocycles. The first-order valence-corrected chi connectivity index (χ1v) is 9.14. The molecule has 0 unspecified atom stereocenters. The molecule has 0 fully saturated rings. The van der Waals surface area contributed by atoms with E-state index < -0.39 is 0 Å². The fourth-order valence-corrected chi connectivity index (χ4v) is 3.00. The summed E-state index contributed by atoms with van der Waals surface area (Å²) in [6.07, 6.45) is 2.00. The van der Waals surface area contributed by atoms with E-state index in [4.69, 9.17) is 11.6 Å². The van der Waals surface area contributed by atoms with Gasteiger partial charge in [0.15, 0.2) is 0 Å². The topological polar surface area (TPSA) is 20.2 Å². The molecule has 0 aliphatic carbocycles. The van der Waals surface area contributed by atoms with Gasteiger partial charge in [-0.1, -0.05) is 71.3 Å². The van der Waals surface area contributed by atoms with E-state index in [2.05, 4.69) is 53.7 Å². The minimum Gasteiger partial charge on any atom is -0.507 e. The largest absolute Gasteiger partial charge is 0.507 e. The first kappa shape index (κ1) is 18.9. The lowest BCUT2D eigenvalue weighted by Crippen LogP contribution is -2.20. The van der Waals surface area contributed by atoms with Gasteiger partial charge in [0.2, 0.25) is 0 Å². The highest BCUT2D eigenvalue weighted by Gasteiger charge is 2.28. The van der Waals surface area contributed by atoms with Gasteiger partial charge in [-0.15, -0.1) is 0 Å². The minimum absolute atomic E-state index is 0.0552. The summed E-state index contributed by atoms with van der Waals surface area (Å²) < 4.78 is 0. The Morgan fingerprint density at radius 3 is 2.08 bits per heavy atom. The molecule has 2 heteroatoms. The standard InChI is InChI=1S/C22H29ClO/c1-7-21(3,4)16-13-18(15-10-9-11-17(23)12-15)20(24)19(14-16)22(5,6)8-2/h9-14,24H,7-8H2,1-6H3. The maximum atomic E-state index is 11.0. The van der Waals surface area contributed by atoms with E-state index >= 15 is 0 Å². The molecule has 0 aliphatic heterocycles. The van der Waals surface area contributed by atoms with E-state index in [1.807, 2.05) is 24.3 Å². The van der Waals surface area contributed by atoms with Crippen LogP contribution in [0.2, 0.25) is 5.02 Å². The van der Waals surface area contributed by atoms with Crippen LogP contribution in [-0.4, -0.2) is 5.11 Å². The normalized spacial score (nSPS) is 12.5. The van der Waals surface area contributed by atoms with Crippen LogP contribution in [0.5, 0.6) is 5.75 Å². The predicted octanol–water partition coefficient (Wildman–Crippen LogP) is 7.09. The summed E-state index contributed by atoms with van der Waals surface area (Å²) in [5, 5.41) is 11.7. The van der Waals surface area contributed by atoms with Gasteiger partial charge < -0.3 is 5.11 Å². The number of hydrogen-bond acceptors (Lipinski definition) is 1. The SMILES string of the molecule is CCC(C)(C)c1cc(-c2cccc(Cl)c2)c(O)c(C(C)(C)CC)c1. The fraction of sp³-hybridized carbons (Fsp3) is 0.455. The highest BCUT2D eigenvalue weighted by Crippen LogP contribution is 2.44. The van der Waals surface area contributed by atoms with Crippen molar-refractivity contribution in [2.45, 2.75) is 65.2 Å². The van der Waals surface area contributed by atoms with E-state index in [1.54, 1.807) is 0 Å². The summed E-state index contributed by atoms with van der Waals surface area (Å²) in [6.45, 7) is 13.2. The second kappa shape index (κ2) is 6.80. The summed E-state index contributed by atoms with van der Waals surface area (Å²) in [5.41, 5.74) is 4.07. The Morgan fingerprint density at radius 2 is 1.54 bits per heavy atom. The van der Waals surface area contributed by atoms with Crippen LogP contribution in [-0.2, 0) is 10.8 Å². The number of rotatable bonds is 5. The molecule has 0 bridgehead atoms. The number of halogens is 1. The number of benzene rings is 2. The van der Waals surface area contributed by atoms with Crippen molar-refractivity contribution in [1.29, 1.82) is 0 Å². The average molecular weight is 345 g/mol. The maximum absolute atomic E-state index is 11.0. The average Bonchev–Trinajstić information content (AvgIpc) is 2.54. The van der Waals surface area contributed by atoms with Crippen LogP contribution in [0.25, 0.3) is 11.1 Å². The van der Waals surface area contributed by atoms with Crippen LogP contribution >= 0.6 is 11.6 Å². The number of aromatic hydroxyl groups is 1. The minimum atomic E-state index is -0.0861. The lowest BCUT2D eigenvalue weighted by molar-refractivity contribution is 0.426. The summed E-state index contributed by atoms with van der Waals surface area (Å²) in [7, 11) is 0. The van der Waals surface area contributed by atoms with Crippen LogP contribution in [0.4, 0.5) is 0 Å². The van der Waals surface area contributed by atoms with E-state index in [0.717, 1.165) is 29.5 Å². The van der Waals surface area contributed by atoms with Gasteiger partial charge in [0, 0.05) is 16.1 Å². The summed E-state index contributed by atoms with van der Waals surface area (Å²) in [5.74, 6) is 0.375. The zero-order chi connectivity index (χ0) is 18.1. The zero-order valence-electron chi connectivity index (χ0n) is 15.7. The van der Waals surface area contributed by atoms with Gasteiger partial charge in [0.05, 0.1) is 0 Å². The molecule has 0 saturated carbocycles. The lowest BCUT2D eigenvalue weighted by Gasteiger charge is -2.30. The van der Waals surface area contributed by atoms with E-state index in [9.17, 15) is 5.11 Å². The molecule has 0 atom stereocenters. The molecule has 0 saturated heterocycles. The van der Waals surface area contributed by atoms with Crippen molar-refractivity contribution < 1.29 is 5.11 Å². The van der Waals surface area contributed by atoms with Crippen LogP contribution < -0.4 is 0 Å². The van der Waals surface area contributed by atoms with Crippen molar-refractivity contribution in [2.75, 3.05) is 0 Å². The Balaban J connectivity index is 2.79. The smallest absolute Gasteiger partial charge is 0.127 e. The van der Waals surface area contributed by atoms with Crippen LogP contribution in [0.1, 0.15) is 65.5 Å². The first-order chi connectivity index (χ1) is 11.1. The van der Waals surface area contributed by atoms with Crippen molar-refractivity contribution >= 4 is 11.6 Å². The summed E-state index contributed by atoms with van der Waals surface area (Å²) in [6, 6.07) is 12.0. The van der Waals surface area contributed by atoms with E-state index in [0.29, 0.717) is 10.8 Å². The summed E-state index contributed by atoms with van der Waals surface area (Å²) in [4.78, 5) is 0. The molecule has 0 spiro atoms. The molecule has 2 aromatic carbocycles. The number of phenolic OH excluding ortho intramolecular Hbond substituents is 1. The van der Waals surface area contributed by atoms with E-state index in [-0.39, 0.29) is 10.8 Å². The third-order valence-corrected chi connectivity index (χ3v) is 5.76. The molecule has 130 valence electrons. The predicted molar refractivity (Wildman–Crippen MR) is 105 cm³/mol. The molecule has 1 nitrogen and oxygen atoms in total. The molecule has 2 rings (SSSR count). The Kier molecular flexibility index (Phi) is 5.34. The number of hydrogen-bond donors (Lipinski definition) is 1. The maximum Gasteiger partial charge on any atom is 0.127 e. The monoisotopic (exact) mass is 344 g/mol. The van der Waals surface area contributed by atoms with Gasteiger partial charge >= 0.3 is 0 Å². The molecule has 2 aromatic rings. The van der Waals surface area contributed by atoms with Crippen molar-refractivity contribution in [2.24, 2.45) is 0 Å². The fourth-order valence-electron chi connectivity index (χ4n) is 2.81. The van der Waals surface area contributed by atoms with E-state index in [1.165, 1.54) is 5.56 Å². The van der Waals surface area contributed by atoms with Crippen molar-refractivity contribution in [3.05, 3.63) is 52.5 Å². The lowest BCUT2D eigenvalue weighted by atomic mass is 9.74. The molecule has 1 N–H and O–H groups in total. The highest BCUT2D eigenvalue weighted by molar-refractivity contribution is 6.30. The van der Waals surface area contributed by atoms with Gasteiger partial charge in [0.25, 0.3) is 0 Å². The molecule has 0 aromatic heterocycles. The Morgan fingerprint density at radius 1 is 0.917 bits per heavy atom. The van der Waals surface area contributed by atoms with Crippen molar-refractivity contribution in [3.63, 3.8) is 0 Å². The third kappa shape index (κ3) is 3.62. The van der Waals surface area contributed by atoms with Gasteiger partial charge in [-0.05, 0) is 53.0 Å². The van der Waals surface area contributed by atoms with Crippen molar-refractivity contribution in [1.82, 2.24) is 0 Å². The third-order valence-electron chi connectivity index (χ3n) is 5.52. The second-order valence-electron chi connectivity index (χ2n) is 7.91.